The van der Waals surface area contributed by atoms with Crippen molar-refractivity contribution in [2.75, 3.05) is 0 Å². The maximum Gasteiger partial charge on any atom is 0.272 e. The first-order valence-electron chi connectivity index (χ1n) is 6.67. The van der Waals surface area contributed by atoms with Crippen LogP contribution < -0.4 is 5.43 Å². The van der Waals surface area contributed by atoms with Crippen LogP contribution in [0.2, 0.25) is 0 Å². The van der Waals surface area contributed by atoms with E-state index in [1.165, 1.54) is 23.3 Å². The van der Waals surface area contributed by atoms with E-state index in [1.807, 2.05) is 17.5 Å². The second-order valence-corrected chi connectivity index (χ2v) is 5.71. The molecule has 1 amide bonds. The molecule has 0 aromatic carbocycles. The van der Waals surface area contributed by atoms with Crippen molar-refractivity contribution in [2.45, 2.75) is 25.7 Å². The van der Waals surface area contributed by atoms with Gasteiger partial charge in [0.05, 0.1) is 11.8 Å². The lowest BCUT2D eigenvalue weighted by molar-refractivity contribution is 0.0954. The minimum atomic E-state index is -0.121. The third-order valence-electron chi connectivity index (χ3n) is 3.37. The van der Waals surface area contributed by atoms with Crippen LogP contribution in [-0.2, 0) is 12.8 Å². The van der Waals surface area contributed by atoms with Crippen LogP contribution >= 0.6 is 11.3 Å². The number of nitrogens with one attached hydrogen (secondary N) is 1. The Balaban J connectivity index is 1.68. The molecule has 0 saturated heterocycles. The molecule has 0 unspecified atom stereocenters. The number of carbonyl (C=O) groups is 1. The van der Waals surface area contributed by atoms with Gasteiger partial charge in [-0.3, -0.25) is 9.78 Å². The summed E-state index contributed by atoms with van der Waals surface area (Å²) in [5.74, 6) is -0.121. The number of amides is 1. The molecule has 0 bridgehead atoms. The zero-order chi connectivity index (χ0) is 13.8. The maximum absolute atomic E-state index is 12.1. The fourth-order valence-corrected chi connectivity index (χ4v) is 3.49. The summed E-state index contributed by atoms with van der Waals surface area (Å²) in [6, 6.07) is 3.72. The number of nitrogens with zero attached hydrogens (tertiary/aromatic N) is 2. The third kappa shape index (κ3) is 2.77. The number of carbonyl (C=O) groups excluding carboxylic acids is 1. The first-order chi connectivity index (χ1) is 9.84. The molecule has 4 nitrogen and oxygen atoms in total. The molecule has 0 atom stereocenters. The second-order valence-electron chi connectivity index (χ2n) is 4.74. The van der Waals surface area contributed by atoms with Crippen molar-refractivity contribution in [3.63, 3.8) is 0 Å². The normalized spacial score (nSPS) is 14.2. The number of pyridine rings is 1. The quantitative estimate of drug-likeness (QED) is 0.696. The van der Waals surface area contributed by atoms with Crippen LogP contribution in [-0.4, -0.2) is 17.1 Å². The first-order valence-corrected chi connectivity index (χ1v) is 7.55. The van der Waals surface area contributed by atoms with E-state index in [1.54, 1.807) is 29.9 Å². The molecule has 5 heteroatoms. The maximum atomic E-state index is 12.1. The van der Waals surface area contributed by atoms with Crippen molar-refractivity contribution >= 4 is 23.5 Å². The zero-order valence-corrected chi connectivity index (χ0v) is 11.8. The highest BCUT2D eigenvalue weighted by Crippen LogP contribution is 2.30. The number of aryl methyl sites for hydroxylation is 1. The number of hydrogen-bond acceptors (Lipinski definition) is 4. The molecule has 3 rings (SSSR count). The molecule has 2 heterocycles. The van der Waals surface area contributed by atoms with Gasteiger partial charge in [-0.25, -0.2) is 5.43 Å². The summed E-state index contributed by atoms with van der Waals surface area (Å²) >= 11 is 1.69. The van der Waals surface area contributed by atoms with Gasteiger partial charge in [0.2, 0.25) is 0 Å². The number of thiophene rings is 1. The van der Waals surface area contributed by atoms with Crippen LogP contribution in [0.1, 0.15) is 39.2 Å². The van der Waals surface area contributed by atoms with Crippen LogP contribution in [0.3, 0.4) is 0 Å². The highest BCUT2D eigenvalue weighted by Gasteiger charge is 2.19. The fraction of sp³-hybridized carbons (Fsp3) is 0.267. The molecule has 0 spiro atoms. The average Bonchev–Trinajstić information content (AvgIpc) is 2.92. The number of rotatable bonds is 3. The highest BCUT2D eigenvalue weighted by atomic mass is 32.1. The van der Waals surface area contributed by atoms with E-state index in [4.69, 9.17) is 0 Å². The van der Waals surface area contributed by atoms with Gasteiger partial charge >= 0.3 is 0 Å². The molecule has 20 heavy (non-hydrogen) atoms. The summed E-state index contributed by atoms with van der Waals surface area (Å²) in [6.45, 7) is 0. The van der Waals surface area contributed by atoms with E-state index in [9.17, 15) is 4.79 Å². The molecular formula is C15H15N3OS. The summed E-state index contributed by atoms with van der Waals surface area (Å²) < 4.78 is 0. The largest absolute Gasteiger partial charge is 0.272 e. The van der Waals surface area contributed by atoms with Gasteiger partial charge in [-0.15, -0.1) is 11.3 Å². The fourth-order valence-electron chi connectivity index (χ4n) is 2.36. The van der Waals surface area contributed by atoms with Gasteiger partial charge in [-0.1, -0.05) is 6.07 Å². The van der Waals surface area contributed by atoms with Crippen molar-refractivity contribution in [1.82, 2.24) is 10.4 Å². The van der Waals surface area contributed by atoms with Crippen LogP contribution in [0.5, 0.6) is 0 Å². The van der Waals surface area contributed by atoms with Crippen LogP contribution in [0.4, 0.5) is 0 Å². The summed E-state index contributed by atoms with van der Waals surface area (Å²) in [5, 5.41) is 5.94. The molecular weight excluding hydrogens is 270 g/mol. The van der Waals surface area contributed by atoms with Crippen LogP contribution in [0.25, 0.3) is 0 Å². The number of hydrogen-bond donors (Lipinski definition) is 1. The molecule has 0 saturated carbocycles. The molecule has 0 radical (unpaired) electrons. The lowest BCUT2D eigenvalue weighted by Crippen LogP contribution is -2.19. The Bertz CT molecular complexity index is 634. The van der Waals surface area contributed by atoms with Gasteiger partial charge in [-0.05, 0) is 37.3 Å². The second kappa shape index (κ2) is 5.96. The van der Waals surface area contributed by atoms with Gasteiger partial charge in [0.1, 0.15) is 0 Å². The van der Waals surface area contributed by atoms with Crippen molar-refractivity contribution in [3.8, 4) is 0 Å². The first kappa shape index (κ1) is 13.0. The number of aromatic nitrogens is 1. The summed E-state index contributed by atoms with van der Waals surface area (Å²) in [6.07, 6.45) is 9.51. The number of fused-ring (bicyclic) bond motifs is 1. The van der Waals surface area contributed by atoms with Crippen molar-refractivity contribution in [3.05, 3.63) is 51.5 Å². The van der Waals surface area contributed by atoms with E-state index in [2.05, 4.69) is 15.5 Å². The Morgan fingerprint density at radius 1 is 1.40 bits per heavy atom. The Kier molecular flexibility index (Phi) is 3.87. The van der Waals surface area contributed by atoms with Gasteiger partial charge in [0, 0.05) is 28.2 Å². The van der Waals surface area contributed by atoms with Gasteiger partial charge in [0.25, 0.3) is 5.91 Å². The Labute approximate surface area is 121 Å². The number of hydrazone groups is 1. The van der Waals surface area contributed by atoms with Gasteiger partial charge < -0.3 is 0 Å². The van der Waals surface area contributed by atoms with E-state index in [-0.39, 0.29) is 5.91 Å². The molecule has 102 valence electrons. The summed E-state index contributed by atoms with van der Waals surface area (Å²) in [7, 11) is 0. The summed E-state index contributed by atoms with van der Waals surface area (Å²) in [5.41, 5.74) is 5.46. The standard InChI is InChI=1S/C15H15N3OS/c19-15(18-17-9-11-4-3-7-16-8-11)13-10-20-14-6-2-1-5-12(13)14/h3-4,7-10H,1-2,5-6H2,(H,18,19). The SMILES string of the molecule is O=C(NN=Cc1cccnc1)c1csc2c1CCCC2. The molecule has 1 aliphatic carbocycles. The van der Waals surface area contributed by atoms with Gasteiger partial charge in [-0.2, -0.15) is 5.10 Å². The lowest BCUT2D eigenvalue weighted by Gasteiger charge is -2.11. The van der Waals surface area contributed by atoms with Crippen LogP contribution in [0, 0.1) is 0 Å². The average molecular weight is 285 g/mol. The highest BCUT2D eigenvalue weighted by molar-refractivity contribution is 7.10. The third-order valence-corrected chi connectivity index (χ3v) is 4.46. The van der Waals surface area contributed by atoms with Crippen LogP contribution in [0.15, 0.2) is 35.0 Å². The monoisotopic (exact) mass is 285 g/mol. The molecule has 1 N–H and O–H groups in total. The zero-order valence-electron chi connectivity index (χ0n) is 11.0. The van der Waals surface area contributed by atoms with E-state index in [0.29, 0.717) is 0 Å². The van der Waals surface area contributed by atoms with E-state index in [0.717, 1.165) is 24.0 Å². The molecule has 2 aromatic rings. The van der Waals surface area contributed by atoms with E-state index < -0.39 is 0 Å². The Morgan fingerprint density at radius 3 is 3.15 bits per heavy atom. The minimum absolute atomic E-state index is 0.121. The predicted molar refractivity (Wildman–Crippen MR) is 80.3 cm³/mol. The van der Waals surface area contributed by atoms with Crippen molar-refractivity contribution < 1.29 is 4.79 Å². The summed E-state index contributed by atoms with van der Waals surface area (Å²) in [4.78, 5) is 17.5. The minimum Gasteiger partial charge on any atom is -0.267 e. The smallest absolute Gasteiger partial charge is 0.267 e. The lowest BCUT2D eigenvalue weighted by atomic mass is 9.96. The van der Waals surface area contributed by atoms with Crippen molar-refractivity contribution in [1.29, 1.82) is 0 Å². The Morgan fingerprint density at radius 2 is 2.30 bits per heavy atom. The Hall–Kier alpha value is -2.01. The van der Waals surface area contributed by atoms with Crippen molar-refractivity contribution in [2.24, 2.45) is 5.10 Å². The topological polar surface area (TPSA) is 54.4 Å². The molecule has 1 aliphatic rings. The van der Waals surface area contributed by atoms with Gasteiger partial charge in [0.15, 0.2) is 0 Å². The molecule has 0 fully saturated rings. The predicted octanol–water partition coefficient (Wildman–Crippen LogP) is 2.79. The molecule has 2 aromatic heterocycles. The molecule has 0 aliphatic heterocycles. The van der Waals surface area contributed by atoms with E-state index >= 15 is 0 Å².